The first-order valence-corrected chi connectivity index (χ1v) is 12.9. The minimum atomic E-state index is -3.82. The first-order valence-electron chi connectivity index (χ1n) is 11.1. The number of sulfonamides is 1. The fraction of sp³-hybridized carbons (Fsp3) is 0.107. The van der Waals surface area contributed by atoms with Gasteiger partial charge in [0.05, 0.1) is 15.5 Å². The summed E-state index contributed by atoms with van der Waals surface area (Å²) in [7, 11) is -3.82. The van der Waals surface area contributed by atoms with E-state index in [2.05, 4.69) is 4.72 Å². The summed E-state index contributed by atoms with van der Waals surface area (Å²) in [5, 5.41) is 0.249. The number of carbonyl (C=O) groups is 1. The standard InChI is InChI=1S/C28H25ClN2O3S/c1-21-12-15-25(16-13-21)35(33,34)30-24-14-17-27(29)26(18-24)28(32)31(19-22-8-4-2-5-9-22)20-23-10-6-3-7-11-23/h2-18,30H,19-20H2,1H3. The van der Waals surface area contributed by atoms with Gasteiger partial charge in [-0.25, -0.2) is 8.42 Å². The molecular weight excluding hydrogens is 480 g/mol. The molecule has 5 nitrogen and oxygen atoms in total. The Hall–Kier alpha value is -3.61. The van der Waals surface area contributed by atoms with E-state index in [1.807, 2.05) is 67.6 Å². The Morgan fingerprint density at radius 1 is 0.800 bits per heavy atom. The summed E-state index contributed by atoms with van der Waals surface area (Å²) < 4.78 is 28.3. The Morgan fingerprint density at radius 2 is 1.34 bits per heavy atom. The number of hydrogen-bond acceptors (Lipinski definition) is 3. The molecule has 178 valence electrons. The first kappa shape index (κ1) is 24.5. The molecular formula is C28H25ClN2O3S. The molecule has 0 spiro atoms. The molecule has 0 unspecified atom stereocenters. The lowest BCUT2D eigenvalue weighted by Crippen LogP contribution is -2.30. The van der Waals surface area contributed by atoms with Gasteiger partial charge in [-0.15, -0.1) is 0 Å². The normalized spacial score (nSPS) is 11.1. The fourth-order valence-corrected chi connectivity index (χ4v) is 4.91. The van der Waals surface area contributed by atoms with Gasteiger partial charge in [0.15, 0.2) is 0 Å². The van der Waals surface area contributed by atoms with E-state index in [4.69, 9.17) is 11.6 Å². The topological polar surface area (TPSA) is 66.5 Å². The predicted octanol–water partition coefficient (Wildman–Crippen LogP) is 6.29. The SMILES string of the molecule is Cc1ccc(S(=O)(=O)Nc2ccc(Cl)c(C(=O)N(Cc3ccccc3)Cc3ccccc3)c2)cc1. The number of anilines is 1. The highest BCUT2D eigenvalue weighted by atomic mass is 35.5. The molecule has 0 aliphatic carbocycles. The van der Waals surface area contributed by atoms with Crippen LogP contribution in [-0.4, -0.2) is 19.2 Å². The van der Waals surface area contributed by atoms with Crippen molar-refractivity contribution >= 4 is 33.2 Å². The van der Waals surface area contributed by atoms with Gasteiger partial charge in [0, 0.05) is 18.8 Å². The van der Waals surface area contributed by atoms with Crippen LogP contribution in [0.2, 0.25) is 5.02 Å². The third-order valence-corrected chi connectivity index (χ3v) is 7.23. The first-order chi connectivity index (χ1) is 16.8. The third kappa shape index (κ3) is 6.29. The lowest BCUT2D eigenvalue weighted by Gasteiger charge is -2.24. The Bertz CT molecular complexity index is 1370. The number of hydrogen-bond donors (Lipinski definition) is 1. The second-order valence-corrected chi connectivity index (χ2v) is 10.3. The molecule has 0 radical (unpaired) electrons. The maximum atomic E-state index is 13.7. The number of amides is 1. The van der Waals surface area contributed by atoms with Gasteiger partial charge in [0.1, 0.15) is 0 Å². The highest BCUT2D eigenvalue weighted by molar-refractivity contribution is 7.92. The van der Waals surface area contributed by atoms with Crippen LogP contribution in [0.15, 0.2) is 108 Å². The van der Waals surface area contributed by atoms with Crippen LogP contribution in [0.5, 0.6) is 0 Å². The lowest BCUT2D eigenvalue weighted by atomic mass is 10.1. The van der Waals surface area contributed by atoms with Crippen LogP contribution in [0.1, 0.15) is 27.0 Å². The van der Waals surface area contributed by atoms with E-state index in [-0.39, 0.29) is 27.1 Å². The van der Waals surface area contributed by atoms with Crippen molar-refractivity contribution in [2.24, 2.45) is 0 Å². The third-order valence-electron chi connectivity index (χ3n) is 5.50. The van der Waals surface area contributed by atoms with Gasteiger partial charge in [0.25, 0.3) is 15.9 Å². The molecule has 0 saturated carbocycles. The zero-order chi connectivity index (χ0) is 24.8. The Balaban J connectivity index is 1.63. The molecule has 1 amide bonds. The molecule has 35 heavy (non-hydrogen) atoms. The monoisotopic (exact) mass is 504 g/mol. The lowest BCUT2D eigenvalue weighted by molar-refractivity contribution is 0.0730. The van der Waals surface area contributed by atoms with Crippen molar-refractivity contribution in [2.45, 2.75) is 24.9 Å². The number of benzene rings is 4. The summed E-state index contributed by atoms with van der Waals surface area (Å²) in [6.45, 7) is 2.64. The summed E-state index contributed by atoms with van der Waals surface area (Å²) in [6, 6.07) is 30.5. The van der Waals surface area contributed by atoms with E-state index < -0.39 is 10.0 Å². The van der Waals surface area contributed by atoms with Crippen molar-refractivity contribution in [3.63, 3.8) is 0 Å². The van der Waals surface area contributed by atoms with E-state index in [9.17, 15) is 13.2 Å². The summed E-state index contributed by atoms with van der Waals surface area (Å²) in [4.78, 5) is 15.5. The van der Waals surface area contributed by atoms with Crippen LogP contribution >= 0.6 is 11.6 Å². The highest BCUT2D eigenvalue weighted by Gasteiger charge is 2.21. The molecule has 0 heterocycles. The largest absolute Gasteiger partial charge is 0.330 e. The van der Waals surface area contributed by atoms with Gasteiger partial charge in [0.2, 0.25) is 0 Å². The number of carbonyl (C=O) groups excluding carboxylic acids is 1. The smallest absolute Gasteiger partial charge is 0.261 e. The highest BCUT2D eigenvalue weighted by Crippen LogP contribution is 2.26. The van der Waals surface area contributed by atoms with Gasteiger partial charge < -0.3 is 4.90 Å². The van der Waals surface area contributed by atoms with E-state index in [1.54, 1.807) is 35.2 Å². The Labute approximate surface area is 211 Å². The zero-order valence-corrected chi connectivity index (χ0v) is 20.8. The Kier molecular flexibility index (Phi) is 7.54. The average Bonchev–Trinajstić information content (AvgIpc) is 2.86. The van der Waals surface area contributed by atoms with Gasteiger partial charge in [-0.2, -0.15) is 0 Å². The molecule has 0 fully saturated rings. The molecule has 7 heteroatoms. The molecule has 0 aromatic heterocycles. The van der Waals surface area contributed by atoms with Crippen LogP contribution in [0.3, 0.4) is 0 Å². The van der Waals surface area contributed by atoms with Crippen LogP contribution in [0.25, 0.3) is 0 Å². The molecule has 1 N–H and O–H groups in total. The van der Waals surface area contributed by atoms with Gasteiger partial charge in [-0.05, 0) is 48.4 Å². The minimum absolute atomic E-state index is 0.140. The van der Waals surface area contributed by atoms with Gasteiger partial charge >= 0.3 is 0 Å². The fourth-order valence-electron chi connectivity index (χ4n) is 3.66. The quantitative estimate of drug-likeness (QED) is 0.306. The van der Waals surface area contributed by atoms with Crippen molar-refractivity contribution in [1.82, 2.24) is 4.90 Å². The van der Waals surface area contributed by atoms with Crippen molar-refractivity contribution < 1.29 is 13.2 Å². The maximum Gasteiger partial charge on any atom is 0.261 e. The van der Waals surface area contributed by atoms with Crippen molar-refractivity contribution in [3.05, 3.63) is 130 Å². The van der Waals surface area contributed by atoms with Gasteiger partial charge in [-0.3, -0.25) is 9.52 Å². The number of halogens is 1. The van der Waals surface area contributed by atoms with E-state index in [1.165, 1.54) is 12.1 Å². The molecule has 4 aromatic rings. The van der Waals surface area contributed by atoms with E-state index in [0.717, 1.165) is 16.7 Å². The average molecular weight is 505 g/mol. The molecule has 0 aliphatic rings. The van der Waals surface area contributed by atoms with Gasteiger partial charge in [-0.1, -0.05) is 90.0 Å². The minimum Gasteiger partial charge on any atom is -0.330 e. The van der Waals surface area contributed by atoms with Crippen LogP contribution in [-0.2, 0) is 23.1 Å². The van der Waals surface area contributed by atoms with E-state index >= 15 is 0 Å². The Morgan fingerprint density at radius 3 is 1.89 bits per heavy atom. The van der Waals surface area contributed by atoms with Crippen LogP contribution in [0.4, 0.5) is 5.69 Å². The summed E-state index contributed by atoms with van der Waals surface area (Å²) >= 11 is 6.42. The maximum absolute atomic E-state index is 13.7. The summed E-state index contributed by atoms with van der Waals surface area (Å²) in [5.41, 5.74) is 3.40. The molecule has 0 saturated heterocycles. The van der Waals surface area contributed by atoms with Crippen molar-refractivity contribution in [3.8, 4) is 0 Å². The number of aryl methyl sites for hydroxylation is 1. The predicted molar refractivity (Wildman–Crippen MR) is 140 cm³/mol. The zero-order valence-electron chi connectivity index (χ0n) is 19.2. The summed E-state index contributed by atoms with van der Waals surface area (Å²) in [6.07, 6.45) is 0. The number of rotatable bonds is 8. The molecule has 0 atom stereocenters. The number of nitrogens with one attached hydrogen (secondary N) is 1. The molecule has 0 aliphatic heterocycles. The molecule has 0 bridgehead atoms. The van der Waals surface area contributed by atoms with Crippen molar-refractivity contribution in [2.75, 3.05) is 4.72 Å². The van der Waals surface area contributed by atoms with E-state index in [0.29, 0.717) is 13.1 Å². The van der Waals surface area contributed by atoms with Crippen molar-refractivity contribution in [1.29, 1.82) is 0 Å². The van der Waals surface area contributed by atoms with Crippen LogP contribution in [0, 0.1) is 6.92 Å². The summed E-state index contributed by atoms with van der Waals surface area (Å²) in [5.74, 6) is -0.293. The second-order valence-electron chi connectivity index (χ2n) is 8.25. The molecule has 4 rings (SSSR count). The second kappa shape index (κ2) is 10.8. The molecule has 4 aromatic carbocycles. The number of nitrogens with zero attached hydrogens (tertiary/aromatic N) is 1. The van der Waals surface area contributed by atoms with Crippen LogP contribution < -0.4 is 4.72 Å².